The van der Waals surface area contributed by atoms with Crippen molar-refractivity contribution in [2.75, 3.05) is 90.7 Å². The largest absolute Gasteiger partial charge is 0.474 e. The molecule has 3 rings (SSSR count). The van der Waals surface area contributed by atoms with Gasteiger partial charge >= 0.3 is 35.4 Å². The number of thioether (sulfide) groups is 2. The van der Waals surface area contributed by atoms with E-state index >= 15 is 0 Å². The Hall–Kier alpha value is -5.24. The van der Waals surface area contributed by atoms with Gasteiger partial charge in [0.05, 0.1) is 89.4 Å². The van der Waals surface area contributed by atoms with Gasteiger partial charge in [0.2, 0.25) is 0 Å². The Bertz CT molecular complexity index is 3240. The van der Waals surface area contributed by atoms with Crippen LogP contribution < -0.4 is 5.32 Å². The normalized spacial score (nSPS) is 12.5. The van der Waals surface area contributed by atoms with Crippen molar-refractivity contribution in [2.24, 2.45) is 0 Å². The molecule has 0 atom stereocenters. The number of nitrogens with one attached hydrogen (secondary N) is 1. The molecule has 0 saturated heterocycles. The van der Waals surface area contributed by atoms with Gasteiger partial charge in [-0.15, -0.1) is 23.5 Å². The lowest BCUT2D eigenvalue weighted by Gasteiger charge is -2.16. The highest BCUT2D eigenvalue weighted by Crippen LogP contribution is 2.51. The van der Waals surface area contributed by atoms with Crippen LogP contribution in [-0.2, 0) is 70.3 Å². The fourth-order valence-corrected chi connectivity index (χ4v) is 16.4. The van der Waals surface area contributed by atoms with Crippen molar-refractivity contribution in [1.29, 1.82) is 0 Å². The number of hydrogen-bond donors (Lipinski definition) is 1. The van der Waals surface area contributed by atoms with E-state index in [1.54, 1.807) is 71.1 Å². The molecule has 1 amide bonds. The van der Waals surface area contributed by atoms with Crippen molar-refractivity contribution in [3.8, 4) is 0 Å². The van der Waals surface area contributed by atoms with E-state index in [-0.39, 0.29) is 90.5 Å². The maximum Gasteiger partial charge on any atom is 0.474 e. The quantitative estimate of drug-likeness (QED) is 0.0183. The Labute approximate surface area is 697 Å². The van der Waals surface area contributed by atoms with Crippen LogP contribution in [0.15, 0.2) is 187 Å². The number of phosphoric acid groups is 3. The Balaban J connectivity index is 0.000000855. The van der Waals surface area contributed by atoms with Crippen molar-refractivity contribution < 1.29 is 78.3 Å². The molecule has 0 unspecified atom stereocenters. The summed E-state index contributed by atoms with van der Waals surface area (Å²) < 4.78 is 94.3. The van der Waals surface area contributed by atoms with Crippen molar-refractivity contribution in [3.63, 3.8) is 0 Å². The van der Waals surface area contributed by atoms with Gasteiger partial charge in [0.15, 0.2) is 0 Å². The van der Waals surface area contributed by atoms with Gasteiger partial charge in [-0.1, -0.05) is 147 Å². The number of hydrogen-bond acceptors (Lipinski definition) is 19. The van der Waals surface area contributed by atoms with E-state index in [9.17, 15) is 28.1 Å². The third kappa shape index (κ3) is 54.7. The molecule has 3 aromatic carbocycles. The zero-order chi connectivity index (χ0) is 84.7. The number of benzene rings is 3. The van der Waals surface area contributed by atoms with Gasteiger partial charge in [-0.2, -0.15) is 0 Å². The molecule has 114 heavy (non-hydrogen) atoms. The van der Waals surface area contributed by atoms with Crippen LogP contribution in [0.1, 0.15) is 283 Å². The van der Waals surface area contributed by atoms with Crippen LogP contribution >= 0.6 is 47.0 Å². The first-order valence-corrected chi connectivity index (χ1v) is 47.6. The summed E-state index contributed by atoms with van der Waals surface area (Å²) in [5, 5.41) is 2.98. The summed E-state index contributed by atoms with van der Waals surface area (Å²) in [5.74, 6) is 0.896. The van der Waals surface area contributed by atoms with Crippen molar-refractivity contribution >= 4 is 64.8 Å². The zero-order valence-corrected chi connectivity index (χ0v) is 77.1. The summed E-state index contributed by atoms with van der Waals surface area (Å²) in [6.07, 6.45) is 39.1. The summed E-state index contributed by atoms with van der Waals surface area (Å²) in [5.41, 5.74) is 15.4. The highest BCUT2D eigenvalue weighted by atomic mass is 32.2. The summed E-state index contributed by atoms with van der Waals surface area (Å²) in [7, 11) is -10.5. The lowest BCUT2D eigenvalue weighted by molar-refractivity contribution is 0.0478. The Morgan fingerprint density at radius 3 is 0.991 bits per heavy atom. The number of allylic oxidation sites excluding steroid dienone is 16. The molecule has 642 valence electrons. The topological polar surface area (TPSA) is 216 Å². The Morgan fingerprint density at radius 1 is 0.333 bits per heavy atom. The Morgan fingerprint density at radius 2 is 0.623 bits per heavy atom. The highest BCUT2D eigenvalue weighted by molar-refractivity contribution is 7.99. The van der Waals surface area contributed by atoms with Crippen LogP contribution in [0, 0.1) is 0 Å². The molecule has 0 aliphatic carbocycles. The van der Waals surface area contributed by atoms with Gasteiger partial charge in [-0.3, -0.25) is 45.5 Å². The molecule has 0 heterocycles. The van der Waals surface area contributed by atoms with E-state index in [0.29, 0.717) is 61.8 Å². The van der Waals surface area contributed by atoms with Crippen LogP contribution in [0.4, 0.5) is 0 Å². The average Bonchev–Trinajstić information content (AvgIpc) is 0.869. The van der Waals surface area contributed by atoms with Gasteiger partial charge in [-0.05, 0) is 289 Å². The van der Waals surface area contributed by atoms with E-state index in [0.717, 1.165) is 117 Å². The fraction of sp³-hybridized carbons (Fsp3) is 0.571. The molecule has 0 bridgehead atoms. The minimum atomic E-state index is -3.50. The molecular weight excluding hydrogens is 1540 g/mol. The first-order valence-electron chi connectivity index (χ1n) is 41.2. The fourth-order valence-electron chi connectivity index (χ4n) is 10.7. The first kappa shape index (κ1) is 107. The van der Waals surface area contributed by atoms with Crippen molar-refractivity contribution in [2.45, 2.75) is 263 Å². The number of rotatable bonds is 60. The van der Waals surface area contributed by atoms with Crippen LogP contribution in [0.25, 0.3) is 0 Å². The molecule has 23 heteroatoms. The molecule has 0 aromatic heterocycles. The molecule has 0 radical (unpaired) electrons. The third-order valence-corrected chi connectivity index (χ3v) is 23.9. The molecule has 18 nitrogen and oxygen atoms in total. The van der Waals surface area contributed by atoms with E-state index in [1.807, 2.05) is 66.7 Å². The van der Waals surface area contributed by atoms with Gasteiger partial charge in [-0.25, -0.2) is 23.3 Å². The maximum absolute atomic E-state index is 12.8. The minimum Gasteiger partial charge on any atom is -0.462 e. The number of carbonyl (C=O) groups is 3. The van der Waals surface area contributed by atoms with Gasteiger partial charge in [0.25, 0.3) is 5.91 Å². The molecule has 3 aromatic rings. The van der Waals surface area contributed by atoms with Crippen LogP contribution in [0.5, 0.6) is 0 Å². The van der Waals surface area contributed by atoms with Gasteiger partial charge in [0.1, 0.15) is 0 Å². The number of unbranched alkanes of at least 4 members (excludes halogenated alkanes) is 3. The van der Waals surface area contributed by atoms with Crippen LogP contribution in [0.3, 0.4) is 0 Å². The maximum atomic E-state index is 12.8. The van der Waals surface area contributed by atoms with Crippen molar-refractivity contribution in [3.05, 3.63) is 200 Å². The van der Waals surface area contributed by atoms with Crippen LogP contribution in [0.2, 0.25) is 0 Å². The smallest absolute Gasteiger partial charge is 0.462 e. The summed E-state index contributed by atoms with van der Waals surface area (Å²) >= 11 is 3.32. The van der Waals surface area contributed by atoms with Crippen molar-refractivity contribution in [1.82, 2.24) is 5.32 Å². The number of carbonyl (C=O) groups excluding carboxylic acids is 3. The van der Waals surface area contributed by atoms with E-state index in [2.05, 4.69) is 143 Å². The highest BCUT2D eigenvalue weighted by Gasteiger charge is 2.27. The predicted octanol–water partition coefficient (Wildman–Crippen LogP) is 27.4. The monoisotopic (exact) mass is 1680 g/mol. The van der Waals surface area contributed by atoms with E-state index < -0.39 is 23.5 Å². The molecule has 0 aliphatic heterocycles. The minimum absolute atomic E-state index is 0.0854. The van der Waals surface area contributed by atoms with E-state index in [4.69, 9.17) is 50.2 Å². The number of phosphoric ester groups is 3. The summed E-state index contributed by atoms with van der Waals surface area (Å²) in [6, 6.07) is 22.9. The Kier molecular flexibility index (Phi) is 62.4. The predicted molar refractivity (Wildman–Crippen MR) is 476 cm³/mol. The number of aryl methyl sites for hydroxylation is 1. The number of amides is 1. The number of esters is 2. The number of ether oxygens (including phenoxy) is 2. The molecule has 0 fully saturated rings. The molecular formula is C91H144NO17P3S2. The standard InChI is InChI=1S/C31H49O6P.C30H48NO5PS.C30H47O6PS/c1-7-35-38(33,36-8-2)37-25-12-11-24-34-31(32)30-23-10-9-21-29(30)22-15-20-28(6)19-14-18-27(5)17-13-16-26(3)4;1-7-34-37(33,35-8-2)36-23-12-11-22-31-30(32)28-19-9-10-20-29(28)38-24-21-27(6)18-14-17-26(5)16-13-15-25(3)4;1-7-34-37(32,35-8-2)36-23-12-11-22-33-30(31)28-19-9-10-20-29(28)38-24-21-27(6)18-14-17-26(5)16-13-15-25(3)4/h9-10,16,18,20-21,23H,7-8,11-15,17,19,22,24-25H2,1-6H3;9-10,15,17,19-21H,7-8,11-14,16,18,22-24H2,1-6H3,(H,31,32);9-10,15,17,19-21H,7-8,11-14,16,18,22-24H2,1-6H3/b27-18+,28-20+;2*26-17+,27-21+. The second-order valence-corrected chi connectivity index (χ2v) is 35.3. The van der Waals surface area contributed by atoms with Crippen LogP contribution in [-0.4, -0.2) is 109 Å². The lowest BCUT2D eigenvalue weighted by atomic mass is 10.0. The van der Waals surface area contributed by atoms with E-state index in [1.165, 1.54) is 50.2 Å². The second kappa shape index (κ2) is 66.6. The molecule has 0 spiro atoms. The molecule has 0 aliphatic rings. The average molecular weight is 1680 g/mol. The first-order chi connectivity index (χ1) is 54.6. The van der Waals surface area contributed by atoms with Gasteiger partial charge in [0, 0.05) is 27.8 Å². The molecule has 1 N–H and O–H groups in total. The third-order valence-electron chi connectivity index (χ3n) is 17.0. The summed E-state index contributed by atoms with van der Waals surface area (Å²) in [4.78, 5) is 40.0. The zero-order valence-electron chi connectivity index (χ0n) is 72.8. The SMILES string of the molecule is CCOP(=O)(OCC)OCCCCNC(=O)c1ccccc1SC/C=C(\C)CC/C=C(\C)CCC=C(C)C.CCOP(=O)(OCC)OCCCCOC(=O)c1ccccc1CC/C=C(\C)CC/C=C(\C)CCC=C(C)C.CCOP(=O)(OCC)OCCCCOC(=O)c1ccccc1SC/C=C(\C)CC/C=C(\C)CCC=C(C)C. The molecule has 0 saturated carbocycles. The van der Waals surface area contributed by atoms with Gasteiger partial charge < -0.3 is 14.8 Å². The summed E-state index contributed by atoms with van der Waals surface area (Å²) in [6.45, 7) is 39.6. The second-order valence-electron chi connectivity index (χ2n) is 28.2. The lowest BCUT2D eigenvalue weighted by Crippen LogP contribution is -2.25.